The van der Waals surface area contributed by atoms with Gasteiger partial charge in [0.25, 0.3) is 11.8 Å². The van der Waals surface area contributed by atoms with Gasteiger partial charge in [0.05, 0.1) is 4.91 Å². The zero-order valence-electron chi connectivity index (χ0n) is 12.0. The molecule has 0 bridgehead atoms. The van der Waals surface area contributed by atoms with E-state index in [9.17, 15) is 9.59 Å². The molecule has 2 aromatic carbocycles. The summed E-state index contributed by atoms with van der Waals surface area (Å²) in [7, 11) is 0. The van der Waals surface area contributed by atoms with E-state index in [0.29, 0.717) is 20.5 Å². The van der Waals surface area contributed by atoms with Crippen LogP contribution in [0, 0.1) is 0 Å². The SMILES string of the molecule is O=C1C(=Cc2ccc(Cl)cc2)SC(=S)N1C(=O)c1ccc(Cl)cc1. The lowest BCUT2D eigenvalue weighted by atomic mass is 10.2. The molecular weight excluding hydrogens is 385 g/mol. The number of rotatable bonds is 2. The van der Waals surface area contributed by atoms with Gasteiger partial charge in [-0.05, 0) is 48.0 Å². The first-order valence-corrected chi connectivity index (χ1v) is 8.77. The highest BCUT2D eigenvalue weighted by Crippen LogP contribution is 2.33. The van der Waals surface area contributed by atoms with Crippen LogP contribution >= 0.6 is 47.2 Å². The van der Waals surface area contributed by atoms with Crippen LogP contribution in [0.5, 0.6) is 0 Å². The van der Waals surface area contributed by atoms with Crippen LogP contribution in [0.2, 0.25) is 10.0 Å². The summed E-state index contributed by atoms with van der Waals surface area (Å²) < 4.78 is 0.208. The van der Waals surface area contributed by atoms with Crippen LogP contribution in [0.15, 0.2) is 53.4 Å². The van der Waals surface area contributed by atoms with Crippen LogP contribution in [-0.2, 0) is 4.79 Å². The third-order valence-electron chi connectivity index (χ3n) is 3.26. The van der Waals surface area contributed by atoms with E-state index in [0.717, 1.165) is 22.2 Å². The molecule has 0 atom stereocenters. The average Bonchev–Trinajstić information content (AvgIpc) is 2.83. The maximum absolute atomic E-state index is 12.5. The molecule has 2 amide bonds. The molecule has 2 aromatic rings. The smallest absolute Gasteiger partial charge is 0.268 e. The van der Waals surface area contributed by atoms with Crippen molar-refractivity contribution in [3.05, 3.63) is 74.6 Å². The number of hydrogen-bond acceptors (Lipinski definition) is 4. The number of thioether (sulfide) groups is 1. The molecule has 1 saturated heterocycles. The molecule has 1 heterocycles. The number of nitrogens with zero attached hydrogens (tertiary/aromatic N) is 1. The molecule has 24 heavy (non-hydrogen) atoms. The van der Waals surface area contributed by atoms with Crippen molar-refractivity contribution in [2.24, 2.45) is 0 Å². The second kappa shape index (κ2) is 7.07. The van der Waals surface area contributed by atoms with E-state index in [1.54, 1.807) is 54.6 Å². The third-order valence-corrected chi connectivity index (χ3v) is 5.06. The van der Waals surface area contributed by atoms with Crippen molar-refractivity contribution in [3.63, 3.8) is 0 Å². The number of carbonyl (C=O) groups excluding carboxylic acids is 2. The normalized spacial score (nSPS) is 16.1. The quantitative estimate of drug-likeness (QED) is 0.407. The molecule has 0 N–H and O–H groups in total. The van der Waals surface area contributed by atoms with E-state index in [1.165, 1.54) is 0 Å². The zero-order valence-corrected chi connectivity index (χ0v) is 15.2. The van der Waals surface area contributed by atoms with Gasteiger partial charge in [0.2, 0.25) is 0 Å². The summed E-state index contributed by atoms with van der Waals surface area (Å²) in [6.45, 7) is 0. The summed E-state index contributed by atoms with van der Waals surface area (Å²) in [5, 5.41) is 1.12. The molecule has 1 aliphatic heterocycles. The monoisotopic (exact) mass is 393 g/mol. The molecule has 0 unspecified atom stereocenters. The van der Waals surface area contributed by atoms with Crippen LogP contribution in [0.1, 0.15) is 15.9 Å². The van der Waals surface area contributed by atoms with Crippen molar-refractivity contribution in [3.8, 4) is 0 Å². The summed E-state index contributed by atoms with van der Waals surface area (Å²) >= 11 is 18.0. The molecule has 3 nitrogen and oxygen atoms in total. The highest BCUT2D eigenvalue weighted by molar-refractivity contribution is 8.26. The van der Waals surface area contributed by atoms with Gasteiger partial charge in [-0.1, -0.05) is 59.3 Å². The van der Waals surface area contributed by atoms with Gasteiger partial charge in [-0.3, -0.25) is 9.59 Å². The molecule has 0 radical (unpaired) electrons. The Morgan fingerprint density at radius 1 is 1.00 bits per heavy atom. The van der Waals surface area contributed by atoms with Gasteiger partial charge in [0, 0.05) is 15.6 Å². The number of amides is 2. The van der Waals surface area contributed by atoms with E-state index < -0.39 is 11.8 Å². The minimum absolute atomic E-state index is 0.208. The van der Waals surface area contributed by atoms with Gasteiger partial charge in [0.1, 0.15) is 0 Å². The van der Waals surface area contributed by atoms with Crippen LogP contribution in [0.3, 0.4) is 0 Å². The first-order chi connectivity index (χ1) is 11.5. The van der Waals surface area contributed by atoms with Crippen molar-refractivity contribution in [2.45, 2.75) is 0 Å². The number of imide groups is 1. The number of benzene rings is 2. The van der Waals surface area contributed by atoms with Crippen LogP contribution in [0.4, 0.5) is 0 Å². The predicted molar refractivity (Wildman–Crippen MR) is 102 cm³/mol. The van der Waals surface area contributed by atoms with Crippen LogP contribution < -0.4 is 0 Å². The van der Waals surface area contributed by atoms with Crippen molar-refractivity contribution >= 4 is 69.4 Å². The molecule has 0 aliphatic carbocycles. The topological polar surface area (TPSA) is 37.4 Å². The molecule has 1 aliphatic rings. The molecule has 1 fully saturated rings. The van der Waals surface area contributed by atoms with E-state index in [1.807, 2.05) is 0 Å². The Morgan fingerprint density at radius 2 is 1.54 bits per heavy atom. The fraction of sp³-hybridized carbons (Fsp3) is 0. The molecule has 120 valence electrons. The zero-order chi connectivity index (χ0) is 17.3. The highest BCUT2D eigenvalue weighted by Gasteiger charge is 2.37. The van der Waals surface area contributed by atoms with Gasteiger partial charge in [0.15, 0.2) is 4.32 Å². The van der Waals surface area contributed by atoms with Crippen molar-refractivity contribution in [1.29, 1.82) is 0 Å². The van der Waals surface area contributed by atoms with E-state index >= 15 is 0 Å². The fourth-order valence-electron chi connectivity index (χ4n) is 2.07. The minimum atomic E-state index is -0.464. The maximum atomic E-state index is 12.5. The molecule has 0 saturated carbocycles. The number of carbonyl (C=O) groups is 2. The summed E-state index contributed by atoms with van der Waals surface area (Å²) in [6, 6.07) is 13.3. The Labute approximate surface area is 158 Å². The molecule has 0 spiro atoms. The predicted octanol–water partition coefficient (Wildman–Crippen LogP) is 5.04. The largest absolute Gasteiger partial charge is 0.273 e. The lowest BCUT2D eigenvalue weighted by Gasteiger charge is -2.12. The van der Waals surface area contributed by atoms with Gasteiger partial charge in [-0.25, -0.2) is 4.90 Å². The molecule has 3 rings (SSSR count). The third kappa shape index (κ3) is 3.54. The Bertz CT molecular complexity index is 861. The number of thiocarbonyl (C=S) groups is 1. The Kier molecular flexibility index (Phi) is 5.06. The minimum Gasteiger partial charge on any atom is -0.268 e. The van der Waals surface area contributed by atoms with E-state index in [2.05, 4.69) is 0 Å². The summed E-state index contributed by atoms with van der Waals surface area (Å²) in [6.07, 6.45) is 1.69. The van der Waals surface area contributed by atoms with Crippen LogP contribution in [-0.4, -0.2) is 21.0 Å². The summed E-state index contributed by atoms with van der Waals surface area (Å²) in [4.78, 5) is 26.5. The highest BCUT2D eigenvalue weighted by atomic mass is 35.5. The van der Waals surface area contributed by atoms with Crippen molar-refractivity contribution in [1.82, 2.24) is 4.90 Å². The van der Waals surface area contributed by atoms with Gasteiger partial charge in [-0.15, -0.1) is 0 Å². The first-order valence-electron chi connectivity index (χ1n) is 6.79. The second-order valence-corrected chi connectivity index (χ2v) is 7.43. The average molecular weight is 394 g/mol. The Morgan fingerprint density at radius 3 is 2.12 bits per heavy atom. The van der Waals surface area contributed by atoms with E-state index in [4.69, 9.17) is 35.4 Å². The molecule has 0 aromatic heterocycles. The Hall–Kier alpha value is -1.66. The van der Waals surface area contributed by atoms with Gasteiger partial charge >= 0.3 is 0 Å². The maximum Gasteiger partial charge on any atom is 0.273 e. The number of halogens is 2. The molecular formula is C17H9Cl2NO2S2. The summed E-state index contributed by atoms with van der Waals surface area (Å²) in [5.41, 5.74) is 1.15. The standard InChI is InChI=1S/C17H9Cl2NO2S2/c18-12-5-1-10(2-6-12)9-14-16(22)20(17(23)24-14)15(21)11-3-7-13(19)8-4-11/h1-9H. The molecule has 7 heteroatoms. The number of hydrogen-bond donors (Lipinski definition) is 0. The van der Waals surface area contributed by atoms with Crippen molar-refractivity contribution in [2.75, 3.05) is 0 Å². The second-order valence-electron chi connectivity index (χ2n) is 4.88. The lowest BCUT2D eigenvalue weighted by molar-refractivity contribution is -0.120. The summed E-state index contributed by atoms with van der Waals surface area (Å²) in [5.74, 6) is -0.895. The van der Waals surface area contributed by atoms with E-state index in [-0.39, 0.29) is 4.32 Å². The van der Waals surface area contributed by atoms with Crippen molar-refractivity contribution < 1.29 is 9.59 Å². The van der Waals surface area contributed by atoms with Gasteiger partial charge < -0.3 is 0 Å². The van der Waals surface area contributed by atoms with Crippen LogP contribution in [0.25, 0.3) is 6.08 Å². The van der Waals surface area contributed by atoms with Gasteiger partial charge in [-0.2, -0.15) is 0 Å². The lowest BCUT2D eigenvalue weighted by Crippen LogP contribution is -2.34. The fourth-order valence-corrected chi connectivity index (χ4v) is 3.58. The first kappa shape index (κ1) is 17.2. The Balaban J connectivity index is 1.87.